The molecule has 7 nitrogen and oxygen atoms in total. The lowest BCUT2D eigenvalue weighted by Crippen LogP contribution is -2.48. The van der Waals surface area contributed by atoms with Gasteiger partial charge in [-0.05, 0) is 30.9 Å². The quantitative estimate of drug-likeness (QED) is 0.825. The zero-order valence-electron chi connectivity index (χ0n) is 15.3. The Balaban J connectivity index is 1.40. The number of aromatic nitrogens is 3. The summed E-state index contributed by atoms with van der Waals surface area (Å²) >= 11 is 0. The maximum absolute atomic E-state index is 12.7. The van der Waals surface area contributed by atoms with Crippen LogP contribution in [0.1, 0.15) is 35.3 Å². The van der Waals surface area contributed by atoms with Crippen molar-refractivity contribution in [1.82, 2.24) is 24.8 Å². The van der Waals surface area contributed by atoms with Crippen LogP contribution in [0.3, 0.4) is 0 Å². The van der Waals surface area contributed by atoms with Crippen molar-refractivity contribution in [2.45, 2.75) is 25.7 Å². The van der Waals surface area contributed by atoms with Gasteiger partial charge in [-0.2, -0.15) is 0 Å². The van der Waals surface area contributed by atoms with E-state index < -0.39 is 0 Å². The number of carbonyl (C=O) groups excluding carboxylic acids is 2. The van der Waals surface area contributed by atoms with E-state index in [-0.39, 0.29) is 17.2 Å². The predicted molar refractivity (Wildman–Crippen MR) is 98.7 cm³/mol. The number of carbonyl (C=O) groups is 2. The molecule has 0 N–H and O–H groups in total. The van der Waals surface area contributed by atoms with Crippen LogP contribution in [0.4, 0.5) is 0 Å². The van der Waals surface area contributed by atoms with E-state index in [4.69, 9.17) is 0 Å². The van der Waals surface area contributed by atoms with E-state index in [1.165, 1.54) is 6.20 Å². The number of piperidine rings is 1. The average Bonchev–Trinajstić information content (AvgIpc) is 3.12. The molecule has 4 heterocycles. The van der Waals surface area contributed by atoms with Crippen LogP contribution in [0.25, 0.3) is 0 Å². The number of hydrogen-bond donors (Lipinski definition) is 0. The minimum Gasteiger partial charge on any atom is -0.342 e. The number of nitrogens with zero attached hydrogens (tertiary/aromatic N) is 5. The SMILES string of the molecule is O=C(Cc1cccnc1)N1CCCC2(CCN(C(=O)c3cnccn3)C2)C1. The van der Waals surface area contributed by atoms with Crippen LogP contribution in [0.15, 0.2) is 43.1 Å². The van der Waals surface area contributed by atoms with Crippen molar-refractivity contribution in [3.05, 3.63) is 54.4 Å². The van der Waals surface area contributed by atoms with Gasteiger partial charge in [0.1, 0.15) is 5.69 Å². The first-order valence-electron chi connectivity index (χ1n) is 9.37. The third kappa shape index (κ3) is 3.82. The molecule has 2 aromatic rings. The molecular formula is C20H23N5O2. The standard InChI is InChI=1S/C20H23N5O2/c26-18(11-16-3-1-6-21-12-16)24-9-2-4-20(14-24)5-10-25(15-20)19(27)17-13-22-7-8-23-17/h1,3,6-8,12-13H,2,4-5,9-11,14-15H2. The molecule has 2 aliphatic rings. The molecule has 27 heavy (non-hydrogen) atoms. The van der Waals surface area contributed by atoms with Crippen molar-refractivity contribution in [2.24, 2.45) is 5.41 Å². The van der Waals surface area contributed by atoms with Crippen molar-refractivity contribution in [1.29, 1.82) is 0 Å². The first-order valence-corrected chi connectivity index (χ1v) is 9.37. The summed E-state index contributed by atoms with van der Waals surface area (Å²) in [6.07, 6.45) is 11.4. The van der Waals surface area contributed by atoms with Gasteiger partial charge in [-0.1, -0.05) is 6.07 Å². The average molecular weight is 365 g/mol. The van der Waals surface area contributed by atoms with Gasteiger partial charge < -0.3 is 9.80 Å². The monoisotopic (exact) mass is 365 g/mol. The molecule has 0 saturated carbocycles. The Morgan fingerprint density at radius 1 is 1.00 bits per heavy atom. The van der Waals surface area contributed by atoms with Crippen LogP contribution in [-0.2, 0) is 11.2 Å². The number of rotatable bonds is 3. The zero-order valence-corrected chi connectivity index (χ0v) is 15.3. The van der Waals surface area contributed by atoms with Crippen molar-refractivity contribution >= 4 is 11.8 Å². The topological polar surface area (TPSA) is 79.3 Å². The van der Waals surface area contributed by atoms with Crippen LogP contribution < -0.4 is 0 Å². The summed E-state index contributed by atoms with van der Waals surface area (Å²) in [5, 5.41) is 0. The molecular weight excluding hydrogens is 342 g/mol. The largest absolute Gasteiger partial charge is 0.342 e. The number of amides is 2. The summed E-state index contributed by atoms with van der Waals surface area (Å²) in [5.41, 5.74) is 1.32. The van der Waals surface area contributed by atoms with Gasteiger partial charge in [-0.15, -0.1) is 0 Å². The van der Waals surface area contributed by atoms with E-state index in [1.807, 2.05) is 21.9 Å². The number of pyridine rings is 1. The highest BCUT2D eigenvalue weighted by molar-refractivity contribution is 5.92. The molecule has 1 unspecified atom stereocenters. The lowest BCUT2D eigenvalue weighted by molar-refractivity contribution is -0.133. The highest BCUT2D eigenvalue weighted by Gasteiger charge is 2.44. The van der Waals surface area contributed by atoms with E-state index >= 15 is 0 Å². The summed E-state index contributed by atoms with van der Waals surface area (Å²) < 4.78 is 0. The third-order valence-electron chi connectivity index (χ3n) is 5.60. The van der Waals surface area contributed by atoms with Gasteiger partial charge in [0.25, 0.3) is 5.91 Å². The zero-order chi connectivity index (χ0) is 18.7. The fourth-order valence-corrected chi connectivity index (χ4v) is 4.22. The molecule has 0 radical (unpaired) electrons. The second-order valence-electron chi connectivity index (χ2n) is 7.52. The maximum atomic E-state index is 12.7. The van der Waals surface area contributed by atoms with Gasteiger partial charge in [-0.3, -0.25) is 19.6 Å². The van der Waals surface area contributed by atoms with E-state index in [2.05, 4.69) is 15.0 Å². The van der Waals surface area contributed by atoms with Crippen molar-refractivity contribution in [3.8, 4) is 0 Å². The second kappa shape index (κ2) is 7.42. The lowest BCUT2D eigenvalue weighted by Gasteiger charge is -2.40. The Bertz CT molecular complexity index is 814. The third-order valence-corrected chi connectivity index (χ3v) is 5.60. The molecule has 7 heteroatoms. The van der Waals surface area contributed by atoms with E-state index in [9.17, 15) is 9.59 Å². The minimum absolute atomic E-state index is 0.000711. The number of hydrogen-bond acceptors (Lipinski definition) is 5. The summed E-state index contributed by atoms with van der Waals surface area (Å²) in [6.45, 7) is 2.90. The molecule has 2 aromatic heterocycles. The second-order valence-corrected chi connectivity index (χ2v) is 7.52. The summed E-state index contributed by atoms with van der Waals surface area (Å²) in [6, 6.07) is 3.79. The van der Waals surface area contributed by atoms with Crippen LogP contribution in [0, 0.1) is 5.41 Å². The summed E-state index contributed by atoms with van der Waals surface area (Å²) in [7, 11) is 0. The van der Waals surface area contributed by atoms with Crippen molar-refractivity contribution in [3.63, 3.8) is 0 Å². The summed E-state index contributed by atoms with van der Waals surface area (Å²) in [5.74, 6) is 0.0690. The lowest BCUT2D eigenvalue weighted by atomic mass is 9.79. The van der Waals surface area contributed by atoms with Gasteiger partial charge in [0.15, 0.2) is 0 Å². The molecule has 1 spiro atoms. The minimum atomic E-state index is -0.0706. The maximum Gasteiger partial charge on any atom is 0.274 e. The number of likely N-dealkylation sites (tertiary alicyclic amines) is 2. The Morgan fingerprint density at radius 3 is 2.63 bits per heavy atom. The van der Waals surface area contributed by atoms with Crippen molar-refractivity contribution in [2.75, 3.05) is 26.2 Å². The molecule has 2 fully saturated rings. The van der Waals surface area contributed by atoms with Crippen LogP contribution >= 0.6 is 0 Å². The normalized spacial score (nSPS) is 22.2. The molecule has 1 atom stereocenters. The highest BCUT2D eigenvalue weighted by atomic mass is 16.2. The first-order chi connectivity index (χ1) is 13.2. The van der Waals surface area contributed by atoms with E-state index in [0.717, 1.165) is 37.9 Å². The summed E-state index contributed by atoms with van der Waals surface area (Å²) in [4.78, 5) is 41.4. The van der Waals surface area contributed by atoms with Crippen LogP contribution in [0.2, 0.25) is 0 Å². The molecule has 4 rings (SSSR count). The Kier molecular flexibility index (Phi) is 4.83. The van der Waals surface area contributed by atoms with Gasteiger partial charge >= 0.3 is 0 Å². The van der Waals surface area contributed by atoms with Gasteiger partial charge in [0.05, 0.1) is 12.6 Å². The van der Waals surface area contributed by atoms with Crippen LogP contribution in [-0.4, -0.2) is 62.7 Å². The Morgan fingerprint density at radius 2 is 1.85 bits per heavy atom. The van der Waals surface area contributed by atoms with Gasteiger partial charge in [0.2, 0.25) is 5.91 Å². The molecule has 0 aliphatic carbocycles. The highest BCUT2D eigenvalue weighted by Crippen LogP contribution is 2.39. The molecule has 0 bridgehead atoms. The van der Waals surface area contributed by atoms with E-state index in [0.29, 0.717) is 25.2 Å². The fraction of sp³-hybridized carbons (Fsp3) is 0.450. The molecule has 2 saturated heterocycles. The van der Waals surface area contributed by atoms with Gasteiger partial charge in [-0.25, -0.2) is 4.98 Å². The fourth-order valence-electron chi connectivity index (χ4n) is 4.22. The molecule has 0 aromatic carbocycles. The first kappa shape index (κ1) is 17.6. The van der Waals surface area contributed by atoms with Crippen LogP contribution in [0.5, 0.6) is 0 Å². The molecule has 2 aliphatic heterocycles. The Labute approximate surface area is 158 Å². The molecule has 2 amide bonds. The molecule has 140 valence electrons. The smallest absolute Gasteiger partial charge is 0.274 e. The van der Waals surface area contributed by atoms with Gasteiger partial charge in [0, 0.05) is 56.4 Å². The van der Waals surface area contributed by atoms with Crippen molar-refractivity contribution < 1.29 is 9.59 Å². The predicted octanol–water partition coefficient (Wildman–Crippen LogP) is 1.57. The van der Waals surface area contributed by atoms with E-state index in [1.54, 1.807) is 24.8 Å². The Hall–Kier alpha value is -2.83.